The number of aliphatic hydroxyl groups is 1. The lowest BCUT2D eigenvalue weighted by atomic mass is 10.0. The molecule has 2 aromatic carbocycles. The van der Waals surface area contributed by atoms with Crippen molar-refractivity contribution in [3.05, 3.63) is 71.5 Å². The van der Waals surface area contributed by atoms with Crippen LogP contribution in [0.15, 0.2) is 54.6 Å². The summed E-state index contributed by atoms with van der Waals surface area (Å²) in [5.74, 6) is -1.64. The fraction of sp³-hybridized carbons (Fsp3) is 0.235. The molecule has 2 N–H and O–H groups in total. The van der Waals surface area contributed by atoms with Gasteiger partial charge in [-0.1, -0.05) is 42.5 Å². The van der Waals surface area contributed by atoms with E-state index in [0.717, 1.165) is 24.3 Å². The van der Waals surface area contributed by atoms with E-state index in [9.17, 15) is 27.5 Å². The summed E-state index contributed by atoms with van der Waals surface area (Å²) in [6, 6.07) is 9.57. The van der Waals surface area contributed by atoms with Gasteiger partial charge in [0.2, 0.25) is 5.91 Å². The lowest BCUT2D eigenvalue weighted by molar-refractivity contribution is -0.164. The number of hydrogen-bond donors (Lipinski definition) is 2. The van der Waals surface area contributed by atoms with Crippen molar-refractivity contribution in [2.45, 2.75) is 24.7 Å². The fourth-order valence-corrected chi connectivity index (χ4v) is 2.20. The first-order valence-corrected chi connectivity index (χ1v) is 7.12. The van der Waals surface area contributed by atoms with Gasteiger partial charge in [-0.05, 0) is 23.3 Å². The first-order chi connectivity index (χ1) is 11.3. The zero-order chi connectivity index (χ0) is 17.7. The lowest BCUT2D eigenvalue weighted by Crippen LogP contribution is -2.38. The van der Waals surface area contributed by atoms with Crippen LogP contribution >= 0.6 is 0 Å². The number of benzene rings is 2. The van der Waals surface area contributed by atoms with E-state index in [1.807, 2.05) is 5.32 Å². The SMILES string of the molecule is O=C(CC(O)c1ccccc1)NC(c1ccc(F)cc1)C(F)(F)F. The van der Waals surface area contributed by atoms with Crippen molar-refractivity contribution in [2.75, 3.05) is 0 Å². The molecule has 0 heterocycles. The molecule has 0 bridgehead atoms. The second-order valence-electron chi connectivity index (χ2n) is 5.22. The predicted molar refractivity (Wildman–Crippen MR) is 79.4 cm³/mol. The van der Waals surface area contributed by atoms with Crippen LogP contribution in [-0.4, -0.2) is 17.2 Å². The second-order valence-corrected chi connectivity index (χ2v) is 5.22. The minimum absolute atomic E-state index is 0.286. The molecule has 0 aliphatic rings. The highest BCUT2D eigenvalue weighted by Crippen LogP contribution is 2.33. The number of halogens is 4. The number of rotatable bonds is 5. The van der Waals surface area contributed by atoms with Crippen LogP contribution in [0.3, 0.4) is 0 Å². The molecule has 0 aliphatic heterocycles. The van der Waals surface area contributed by atoms with Gasteiger partial charge in [0.15, 0.2) is 6.04 Å². The van der Waals surface area contributed by atoms with Crippen molar-refractivity contribution in [1.82, 2.24) is 5.32 Å². The molecular weight excluding hydrogens is 326 g/mol. The van der Waals surface area contributed by atoms with Crippen LogP contribution in [0.4, 0.5) is 17.6 Å². The Balaban J connectivity index is 2.09. The third kappa shape index (κ3) is 4.79. The summed E-state index contributed by atoms with van der Waals surface area (Å²) in [4.78, 5) is 11.9. The van der Waals surface area contributed by atoms with Crippen molar-refractivity contribution in [2.24, 2.45) is 0 Å². The van der Waals surface area contributed by atoms with Gasteiger partial charge < -0.3 is 10.4 Å². The van der Waals surface area contributed by atoms with E-state index >= 15 is 0 Å². The van der Waals surface area contributed by atoms with Crippen molar-refractivity contribution < 1.29 is 27.5 Å². The molecule has 24 heavy (non-hydrogen) atoms. The van der Waals surface area contributed by atoms with E-state index in [0.29, 0.717) is 5.56 Å². The molecule has 3 nitrogen and oxygen atoms in total. The van der Waals surface area contributed by atoms with Crippen LogP contribution in [0.5, 0.6) is 0 Å². The molecule has 2 atom stereocenters. The van der Waals surface area contributed by atoms with E-state index in [1.54, 1.807) is 30.3 Å². The number of aliphatic hydroxyl groups excluding tert-OH is 1. The number of carbonyl (C=O) groups excluding carboxylic acids is 1. The molecule has 0 radical (unpaired) electrons. The molecule has 0 spiro atoms. The predicted octanol–water partition coefficient (Wildman–Crippen LogP) is 3.67. The number of hydrogen-bond acceptors (Lipinski definition) is 2. The summed E-state index contributed by atoms with van der Waals surface area (Å²) in [5.41, 5.74) is 0.143. The fourth-order valence-electron chi connectivity index (χ4n) is 2.20. The molecule has 7 heteroatoms. The zero-order valence-corrected chi connectivity index (χ0v) is 12.4. The second kappa shape index (κ2) is 7.44. The van der Waals surface area contributed by atoms with Crippen LogP contribution in [0.1, 0.15) is 29.7 Å². The monoisotopic (exact) mass is 341 g/mol. The van der Waals surface area contributed by atoms with Gasteiger partial charge in [0, 0.05) is 0 Å². The molecule has 0 saturated heterocycles. The highest BCUT2D eigenvalue weighted by atomic mass is 19.4. The van der Waals surface area contributed by atoms with Crippen LogP contribution in [0.2, 0.25) is 0 Å². The Morgan fingerprint density at radius 1 is 1.00 bits per heavy atom. The Morgan fingerprint density at radius 3 is 2.12 bits per heavy atom. The highest BCUT2D eigenvalue weighted by Gasteiger charge is 2.42. The van der Waals surface area contributed by atoms with Gasteiger partial charge in [-0.2, -0.15) is 13.2 Å². The van der Waals surface area contributed by atoms with Gasteiger partial charge in [-0.25, -0.2) is 4.39 Å². The summed E-state index contributed by atoms with van der Waals surface area (Å²) in [5, 5.41) is 11.8. The first kappa shape index (κ1) is 17.9. The van der Waals surface area contributed by atoms with E-state index in [1.165, 1.54) is 0 Å². The lowest BCUT2D eigenvalue weighted by Gasteiger charge is -2.23. The maximum Gasteiger partial charge on any atom is 0.412 e. The summed E-state index contributed by atoms with van der Waals surface area (Å²) in [6.07, 6.45) is -6.48. The van der Waals surface area contributed by atoms with Crippen molar-refractivity contribution in [3.63, 3.8) is 0 Å². The van der Waals surface area contributed by atoms with Crippen LogP contribution in [0, 0.1) is 5.82 Å². The Labute approximate surface area is 135 Å². The molecule has 0 fully saturated rings. The van der Waals surface area contributed by atoms with Gasteiger partial charge in [0.25, 0.3) is 0 Å². The number of nitrogens with one attached hydrogen (secondary N) is 1. The van der Waals surface area contributed by atoms with Gasteiger partial charge in [-0.3, -0.25) is 4.79 Å². The Bertz CT molecular complexity index is 671. The van der Waals surface area contributed by atoms with E-state index in [4.69, 9.17) is 0 Å². The van der Waals surface area contributed by atoms with Crippen LogP contribution in [-0.2, 0) is 4.79 Å². The summed E-state index contributed by atoms with van der Waals surface area (Å²) in [7, 11) is 0. The molecule has 0 saturated carbocycles. The molecular formula is C17H15F4NO2. The van der Waals surface area contributed by atoms with Crippen molar-refractivity contribution >= 4 is 5.91 Å². The topological polar surface area (TPSA) is 49.3 Å². The average molecular weight is 341 g/mol. The number of alkyl halides is 3. The largest absolute Gasteiger partial charge is 0.412 e. The summed E-state index contributed by atoms with van der Waals surface area (Å²) in [6.45, 7) is 0. The van der Waals surface area contributed by atoms with E-state index in [-0.39, 0.29) is 5.56 Å². The Kier molecular flexibility index (Phi) is 5.56. The smallest absolute Gasteiger partial charge is 0.388 e. The normalized spacial score (nSPS) is 14.0. The van der Waals surface area contributed by atoms with Crippen LogP contribution < -0.4 is 5.32 Å². The van der Waals surface area contributed by atoms with E-state index in [2.05, 4.69) is 0 Å². The van der Waals surface area contributed by atoms with Crippen LogP contribution in [0.25, 0.3) is 0 Å². The van der Waals surface area contributed by atoms with Crippen molar-refractivity contribution in [3.8, 4) is 0 Å². The van der Waals surface area contributed by atoms with Crippen molar-refractivity contribution in [1.29, 1.82) is 0 Å². The number of amides is 1. The van der Waals surface area contributed by atoms with Gasteiger partial charge in [0.1, 0.15) is 5.82 Å². The quantitative estimate of drug-likeness (QED) is 0.816. The number of carbonyl (C=O) groups is 1. The molecule has 2 aromatic rings. The molecule has 0 aromatic heterocycles. The Hall–Kier alpha value is -2.41. The summed E-state index contributed by atoms with van der Waals surface area (Å²) >= 11 is 0. The third-order valence-electron chi connectivity index (χ3n) is 3.40. The molecule has 2 rings (SSSR count). The molecule has 1 amide bonds. The zero-order valence-electron chi connectivity index (χ0n) is 12.4. The first-order valence-electron chi connectivity index (χ1n) is 7.12. The minimum atomic E-state index is -4.74. The highest BCUT2D eigenvalue weighted by molar-refractivity contribution is 5.77. The molecule has 0 aliphatic carbocycles. The Morgan fingerprint density at radius 2 is 1.58 bits per heavy atom. The van der Waals surface area contributed by atoms with Gasteiger partial charge >= 0.3 is 6.18 Å². The minimum Gasteiger partial charge on any atom is -0.388 e. The third-order valence-corrected chi connectivity index (χ3v) is 3.40. The molecule has 128 valence electrons. The van der Waals surface area contributed by atoms with E-state index < -0.39 is 36.5 Å². The summed E-state index contributed by atoms with van der Waals surface area (Å²) < 4.78 is 52.3. The van der Waals surface area contributed by atoms with Gasteiger partial charge in [-0.15, -0.1) is 0 Å². The van der Waals surface area contributed by atoms with Gasteiger partial charge in [0.05, 0.1) is 12.5 Å². The molecule has 2 unspecified atom stereocenters. The standard InChI is InChI=1S/C17H15F4NO2/c18-13-8-6-12(7-9-13)16(17(19,20)21)22-15(24)10-14(23)11-4-2-1-3-5-11/h1-9,14,16,23H,10H2,(H,22,24). The maximum absolute atomic E-state index is 13.2. The maximum atomic E-state index is 13.2. The average Bonchev–Trinajstić information content (AvgIpc) is 2.53.